The van der Waals surface area contributed by atoms with Crippen molar-refractivity contribution in [1.82, 2.24) is 5.32 Å². The van der Waals surface area contributed by atoms with Crippen LogP contribution >= 0.6 is 11.6 Å². The number of rotatable bonds is 5. The van der Waals surface area contributed by atoms with Crippen LogP contribution in [0.1, 0.15) is 30.9 Å². The molecule has 1 aromatic rings. The maximum Gasteiger partial charge on any atom is 0.239 e. The smallest absolute Gasteiger partial charge is 0.239 e. The van der Waals surface area contributed by atoms with Crippen molar-refractivity contribution in [3.05, 3.63) is 34.3 Å². The average molecular weight is 271 g/mol. The van der Waals surface area contributed by atoms with Gasteiger partial charge in [-0.2, -0.15) is 0 Å². The maximum atomic E-state index is 11.4. The summed E-state index contributed by atoms with van der Waals surface area (Å²) in [4.78, 5) is 11.4. The number of amides is 1. The Balaban J connectivity index is 2.66. The standard InChI is InChI=1S/C13H19ClN2O2/c1-8(2)9-3-4-10(11(14)5-9)6-16-13(18)12(15)7-17/h3-5,8,12,17H,6-7,15H2,1-2H3,(H,16,18)/t12-/m1/s1. The van der Waals surface area contributed by atoms with Crippen LogP contribution in [0, 0.1) is 0 Å². The summed E-state index contributed by atoms with van der Waals surface area (Å²) in [6.07, 6.45) is 0. The van der Waals surface area contributed by atoms with Crippen LogP contribution in [-0.2, 0) is 11.3 Å². The largest absolute Gasteiger partial charge is 0.394 e. The summed E-state index contributed by atoms with van der Waals surface area (Å²) < 4.78 is 0. The fourth-order valence-corrected chi connectivity index (χ4v) is 1.72. The number of nitrogens with one attached hydrogen (secondary N) is 1. The van der Waals surface area contributed by atoms with Crippen molar-refractivity contribution < 1.29 is 9.90 Å². The van der Waals surface area contributed by atoms with Crippen molar-refractivity contribution in [2.75, 3.05) is 6.61 Å². The van der Waals surface area contributed by atoms with Gasteiger partial charge in [-0.1, -0.05) is 37.6 Å². The molecule has 0 aromatic heterocycles. The third-order valence-electron chi connectivity index (χ3n) is 2.73. The van der Waals surface area contributed by atoms with E-state index in [9.17, 15) is 4.79 Å². The normalized spacial score (nSPS) is 12.6. The number of carbonyl (C=O) groups excluding carboxylic acids is 1. The molecule has 1 amide bonds. The maximum absolute atomic E-state index is 11.4. The van der Waals surface area contributed by atoms with E-state index < -0.39 is 6.04 Å². The second-order valence-corrected chi connectivity index (χ2v) is 4.92. The predicted molar refractivity (Wildman–Crippen MR) is 72.4 cm³/mol. The highest BCUT2D eigenvalue weighted by molar-refractivity contribution is 6.31. The Morgan fingerprint density at radius 1 is 1.50 bits per heavy atom. The van der Waals surface area contributed by atoms with Gasteiger partial charge in [0.15, 0.2) is 0 Å². The van der Waals surface area contributed by atoms with Crippen LogP contribution in [0.4, 0.5) is 0 Å². The number of aliphatic hydroxyl groups excluding tert-OH is 1. The monoisotopic (exact) mass is 270 g/mol. The molecule has 4 nitrogen and oxygen atoms in total. The van der Waals surface area contributed by atoms with E-state index in [1.165, 1.54) is 0 Å². The van der Waals surface area contributed by atoms with Crippen molar-refractivity contribution >= 4 is 17.5 Å². The second-order valence-electron chi connectivity index (χ2n) is 4.51. The first-order valence-electron chi connectivity index (χ1n) is 5.88. The first kappa shape index (κ1) is 15.0. The molecule has 0 fully saturated rings. The van der Waals surface area contributed by atoms with E-state index in [1.807, 2.05) is 18.2 Å². The van der Waals surface area contributed by atoms with Crippen molar-refractivity contribution in [2.45, 2.75) is 32.4 Å². The van der Waals surface area contributed by atoms with Crippen molar-refractivity contribution in [3.63, 3.8) is 0 Å². The lowest BCUT2D eigenvalue weighted by molar-refractivity contribution is -0.123. The molecule has 18 heavy (non-hydrogen) atoms. The molecule has 0 radical (unpaired) electrons. The minimum absolute atomic E-state index is 0.309. The molecule has 0 aliphatic rings. The zero-order valence-corrected chi connectivity index (χ0v) is 11.4. The molecule has 1 atom stereocenters. The number of hydrogen-bond acceptors (Lipinski definition) is 3. The Morgan fingerprint density at radius 3 is 2.67 bits per heavy atom. The Labute approximate surface area is 112 Å². The van der Waals surface area contributed by atoms with E-state index in [-0.39, 0.29) is 12.5 Å². The summed E-state index contributed by atoms with van der Waals surface area (Å²) in [5.74, 6) is 0.0236. The van der Waals surface area contributed by atoms with E-state index >= 15 is 0 Å². The molecule has 0 aliphatic carbocycles. The molecule has 1 rings (SSSR count). The summed E-state index contributed by atoms with van der Waals surface area (Å²) in [7, 11) is 0. The summed E-state index contributed by atoms with van der Waals surface area (Å²) in [5.41, 5.74) is 7.38. The fourth-order valence-electron chi connectivity index (χ4n) is 1.46. The molecule has 0 saturated heterocycles. The molecule has 0 bridgehead atoms. The second kappa shape index (κ2) is 6.73. The lowest BCUT2D eigenvalue weighted by Gasteiger charge is -2.12. The van der Waals surface area contributed by atoms with Gasteiger partial charge in [0.25, 0.3) is 0 Å². The molecular formula is C13H19ClN2O2. The number of hydrogen-bond donors (Lipinski definition) is 3. The third kappa shape index (κ3) is 3.98. The van der Waals surface area contributed by atoms with E-state index in [2.05, 4.69) is 19.2 Å². The number of benzene rings is 1. The molecule has 5 heteroatoms. The Hall–Kier alpha value is -1.10. The van der Waals surface area contributed by atoms with Gasteiger partial charge < -0.3 is 16.2 Å². The molecule has 0 spiro atoms. The van der Waals surface area contributed by atoms with Gasteiger partial charge >= 0.3 is 0 Å². The Kier molecular flexibility index (Phi) is 5.59. The highest BCUT2D eigenvalue weighted by atomic mass is 35.5. The minimum atomic E-state index is -0.890. The lowest BCUT2D eigenvalue weighted by atomic mass is 10.0. The molecular weight excluding hydrogens is 252 g/mol. The highest BCUT2D eigenvalue weighted by Crippen LogP contribution is 2.22. The first-order valence-corrected chi connectivity index (χ1v) is 6.26. The topological polar surface area (TPSA) is 75.4 Å². The highest BCUT2D eigenvalue weighted by Gasteiger charge is 2.12. The molecule has 0 heterocycles. The SMILES string of the molecule is CC(C)c1ccc(CNC(=O)[C@H](N)CO)c(Cl)c1. The van der Waals surface area contributed by atoms with Gasteiger partial charge in [-0.05, 0) is 23.1 Å². The molecule has 0 saturated carbocycles. The lowest BCUT2D eigenvalue weighted by Crippen LogP contribution is -2.42. The minimum Gasteiger partial charge on any atom is -0.394 e. The molecule has 0 aliphatic heterocycles. The molecule has 100 valence electrons. The van der Waals surface area contributed by atoms with Crippen molar-refractivity contribution in [3.8, 4) is 0 Å². The van der Waals surface area contributed by atoms with Gasteiger partial charge in [-0.3, -0.25) is 4.79 Å². The average Bonchev–Trinajstić information content (AvgIpc) is 2.35. The summed E-state index contributed by atoms with van der Waals surface area (Å²) in [6.45, 7) is 4.12. The quantitative estimate of drug-likeness (QED) is 0.757. The van der Waals surface area contributed by atoms with Crippen LogP contribution in [0.5, 0.6) is 0 Å². The van der Waals surface area contributed by atoms with Crippen LogP contribution in [0.3, 0.4) is 0 Å². The van der Waals surface area contributed by atoms with E-state index in [4.69, 9.17) is 22.4 Å². The molecule has 0 unspecified atom stereocenters. The first-order chi connectivity index (χ1) is 8.45. The van der Waals surface area contributed by atoms with E-state index in [0.29, 0.717) is 17.5 Å². The van der Waals surface area contributed by atoms with Crippen LogP contribution < -0.4 is 11.1 Å². The van der Waals surface area contributed by atoms with Crippen LogP contribution in [0.15, 0.2) is 18.2 Å². The number of halogens is 1. The van der Waals surface area contributed by atoms with Gasteiger partial charge in [-0.15, -0.1) is 0 Å². The number of nitrogens with two attached hydrogens (primary N) is 1. The number of aliphatic hydroxyl groups is 1. The Morgan fingerprint density at radius 2 is 2.17 bits per heavy atom. The van der Waals surface area contributed by atoms with Crippen molar-refractivity contribution in [2.24, 2.45) is 5.73 Å². The zero-order chi connectivity index (χ0) is 13.7. The third-order valence-corrected chi connectivity index (χ3v) is 3.08. The molecule has 1 aromatic carbocycles. The van der Waals surface area contributed by atoms with Crippen molar-refractivity contribution in [1.29, 1.82) is 0 Å². The zero-order valence-electron chi connectivity index (χ0n) is 10.6. The van der Waals surface area contributed by atoms with Gasteiger partial charge in [-0.25, -0.2) is 0 Å². The summed E-state index contributed by atoms with van der Waals surface area (Å²) >= 11 is 6.14. The number of carbonyl (C=O) groups is 1. The van der Waals surface area contributed by atoms with Crippen LogP contribution in [0.25, 0.3) is 0 Å². The van der Waals surface area contributed by atoms with Crippen LogP contribution in [0.2, 0.25) is 5.02 Å². The fraction of sp³-hybridized carbons (Fsp3) is 0.462. The Bertz CT molecular complexity index is 421. The van der Waals surface area contributed by atoms with E-state index in [0.717, 1.165) is 11.1 Å². The van der Waals surface area contributed by atoms with Gasteiger partial charge in [0.1, 0.15) is 6.04 Å². The van der Waals surface area contributed by atoms with Gasteiger partial charge in [0.05, 0.1) is 6.61 Å². The van der Waals surface area contributed by atoms with Crippen LogP contribution in [-0.4, -0.2) is 23.7 Å². The molecule has 4 N–H and O–H groups in total. The predicted octanol–water partition coefficient (Wildman–Crippen LogP) is 1.40. The van der Waals surface area contributed by atoms with Gasteiger partial charge in [0.2, 0.25) is 5.91 Å². The van der Waals surface area contributed by atoms with Gasteiger partial charge in [0, 0.05) is 11.6 Å². The van der Waals surface area contributed by atoms with E-state index in [1.54, 1.807) is 0 Å². The summed E-state index contributed by atoms with van der Waals surface area (Å²) in [6, 6.07) is 4.89. The summed E-state index contributed by atoms with van der Waals surface area (Å²) in [5, 5.41) is 12.0.